The molecule has 2 rings (SSSR count). The van der Waals surface area contributed by atoms with Crippen molar-refractivity contribution in [2.24, 2.45) is 0 Å². The second-order valence-corrected chi connectivity index (χ2v) is 5.94. The number of aliphatic hydroxyl groups is 2. The van der Waals surface area contributed by atoms with E-state index >= 15 is 0 Å². The molecule has 22 heavy (non-hydrogen) atoms. The molecule has 1 unspecified atom stereocenters. The van der Waals surface area contributed by atoms with Gasteiger partial charge in [-0.25, -0.2) is 0 Å². The van der Waals surface area contributed by atoms with Gasteiger partial charge in [-0.05, 0) is 12.5 Å². The third-order valence-electron chi connectivity index (χ3n) is 4.26. The van der Waals surface area contributed by atoms with Gasteiger partial charge in [-0.3, -0.25) is 9.69 Å². The van der Waals surface area contributed by atoms with Crippen molar-refractivity contribution in [3.05, 3.63) is 34.9 Å². The van der Waals surface area contributed by atoms with Gasteiger partial charge in [-0.15, -0.1) is 0 Å². The molecule has 0 aromatic heterocycles. The number of halogens is 1. The lowest BCUT2D eigenvalue weighted by molar-refractivity contribution is -0.142. The molecule has 1 amide bonds. The Balaban J connectivity index is 1.96. The maximum atomic E-state index is 12.4. The van der Waals surface area contributed by atoms with Gasteiger partial charge in [-0.2, -0.15) is 0 Å². The molecule has 0 radical (unpaired) electrons. The predicted molar refractivity (Wildman–Crippen MR) is 85.7 cm³/mol. The van der Waals surface area contributed by atoms with E-state index in [-0.39, 0.29) is 18.6 Å². The predicted octanol–water partition coefficient (Wildman–Crippen LogP) is 1.29. The van der Waals surface area contributed by atoms with Crippen molar-refractivity contribution in [3.8, 4) is 0 Å². The number of piperazine rings is 1. The van der Waals surface area contributed by atoms with E-state index in [0.717, 1.165) is 6.42 Å². The summed E-state index contributed by atoms with van der Waals surface area (Å²) in [5.74, 6) is -0.315. The molecule has 0 aliphatic carbocycles. The van der Waals surface area contributed by atoms with Gasteiger partial charge >= 0.3 is 0 Å². The highest BCUT2D eigenvalue weighted by molar-refractivity contribution is 6.31. The minimum Gasteiger partial charge on any atom is -0.395 e. The van der Waals surface area contributed by atoms with Crippen LogP contribution in [0.15, 0.2) is 24.3 Å². The van der Waals surface area contributed by atoms with E-state index in [9.17, 15) is 15.0 Å². The zero-order valence-corrected chi connectivity index (χ0v) is 13.5. The molecule has 122 valence electrons. The molecule has 5 nitrogen and oxygen atoms in total. The van der Waals surface area contributed by atoms with E-state index in [1.54, 1.807) is 29.2 Å². The number of aliphatic hydroxyl groups excluding tert-OH is 2. The van der Waals surface area contributed by atoms with E-state index in [1.165, 1.54) is 0 Å². The standard InChI is InChI=1S/C16H23ClN2O3/c1-2-12(11-20)18-7-9-19(10-8-18)16(22)15(21)13-5-3-4-6-14(13)17/h3-6,12,15,20-21H,2,7-11H2,1H3/t12?,15-/m1/s1. The second-order valence-electron chi connectivity index (χ2n) is 5.53. The molecule has 1 fully saturated rings. The SMILES string of the molecule is CCC(CO)N1CCN(C(=O)[C@H](O)c2ccccc2Cl)CC1. The van der Waals surface area contributed by atoms with Crippen molar-refractivity contribution < 1.29 is 15.0 Å². The Labute approximate surface area is 136 Å². The van der Waals surface area contributed by atoms with E-state index in [1.807, 2.05) is 6.92 Å². The van der Waals surface area contributed by atoms with Gasteiger partial charge in [0.05, 0.1) is 6.61 Å². The van der Waals surface area contributed by atoms with Crippen LogP contribution in [0, 0.1) is 0 Å². The number of amides is 1. The number of benzene rings is 1. The van der Waals surface area contributed by atoms with Gasteiger partial charge in [0.25, 0.3) is 5.91 Å². The lowest BCUT2D eigenvalue weighted by atomic mass is 10.1. The first-order valence-corrected chi connectivity index (χ1v) is 8.02. The highest BCUT2D eigenvalue weighted by atomic mass is 35.5. The summed E-state index contributed by atoms with van der Waals surface area (Å²) in [6, 6.07) is 6.99. The highest BCUT2D eigenvalue weighted by Crippen LogP contribution is 2.24. The maximum absolute atomic E-state index is 12.4. The first-order chi connectivity index (χ1) is 10.6. The topological polar surface area (TPSA) is 64.0 Å². The van der Waals surface area contributed by atoms with Crippen molar-refractivity contribution in [2.75, 3.05) is 32.8 Å². The molecular weight excluding hydrogens is 304 g/mol. The molecule has 2 N–H and O–H groups in total. The summed E-state index contributed by atoms with van der Waals surface area (Å²) in [4.78, 5) is 16.3. The van der Waals surface area contributed by atoms with E-state index < -0.39 is 6.10 Å². The van der Waals surface area contributed by atoms with E-state index in [4.69, 9.17) is 11.6 Å². The lowest BCUT2D eigenvalue weighted by Gasteiger charge is -2.39. The summed E-state index contributed by atoms with van der Waals surface area (Å²) in [5.41, 5.74) is 0.443. The van der Waals surface area contributed by atoms with Crippen LogP contribution in [0.5, 0.6) is 0 Å². The first kappa shape index (κ1) is 17.2. The zero-order valence-electron chi connectivity index (χ0n) is 12.8. The van der Waals surface area contributed by atoms with E-state index in [2.05, 4.69) is 4.90 Å². The monoisotopic (exact) mass is 326 g/mol. The fraction of sp³-hybridized carbons (Fsp3) is 0.562. The second kappa shape index (κ2) is 7.92. The van der Waals surface area contributed by atoms with Crippen LogP contribution >= 0.6 is 11.6 Å². The average Bonchev–Trinajstić information content (AvgIpc) is 2.56. The fourth-order valence-electron chi connectivity index (χ4n) is 2.81. The largest absolute Gasteiger partial charge is 0.395 e. The van der Waals surface area contributed by atoms with Gasteiger partial charge in [-0.1, -0.05) is 36.7 Å². The molecular formula is C16H23ClN2O3. The number of hydrogen-bond acceptors (Lipinski definition) is 4. The van der Waals surface area contributed by atoms with Crippen LogP contribution in [-0.2, 0) is 4.79 Å². The summed E-state index contributed by atoms with van der Waals surface area (Å²) < 4.78 is 0. The minimum absolute atomic E-state index is 0.132. The third-order valence-corrected chi connectivity index (χ3v) is 4.60. The molecule has 0 saturated carbocycles. The van der Waals surface area contributed by atoms with E-state index in [0.29, 0.717) is 36.8 Å². The lowest BCUT2D eigenvalue weighted by Crippen LogP contribution is -2.53. The Morgan fingerprint density at radius 2 is 1.91 bits per heavy atom. The molecule has 0 spiro atoms. The average molecular weight is 327 g/mol. The summed E-state index contributed by atoms with van der Waals surface area (Å²) in [6.07, 6.45) is -0.341. The molecule has 1 aliphatic rings. The molecule has 1 saturated heterocycles. The van der Waals surface area contributed by atoms with Crippen LogP contribution in [-0.4, -0.2) is 64.7 Å². The number of hydrogen-bond donors (Lipinski definition) is 2. The summed E-state index contributed by atoms with van der Waals surface area (Å²) in [6.45, 7) is 4.69. The highest BCUT2D eigenvalue weighted by Gasteiger charge is 2.29. The quantitative estimate of drug-likeness (QED) is 0.856. The Hall–Kier alpha value is -1.14. The van der Waals surface area contributed by atoms with Gasteiger partial charge in [0.2, 0.25) is 0 Å². The maximum Gasteiger partial charge on any atom is 0.256 e. The Kier molecular flexibility index (Phi) is 6.20. The molecule has 2 atom stereocenters. The van der Waals surface area contributed by atoms with Gasteiger partial charge < -0.3 is 15.1 Å². The number of rotatable bonds is 5. The number of nitrogens with zero attached hydrogens (tertiary/aromatic N) is 2. The summed E-state index contributed by atoms with van der Waals surface area (Å²) in [7, 11) is 0. The van der Waals surface area contributed by atoms with Gasteiger partial charge in [0, 0.05) is 42.8 Å². The number of carbonyl (C=O) groups is 1. The normalized spacial score (nSPS) is 19.0. The third kappa shape index (κ3) is 3.79. The van der Waals surface area contributed by atoms with Crippen molar-refractivity contribution in [1.82, 2.24) is 9.80 Å². The molecule has 6 heteroatoms. The Morgan fingerprint density at radius 1 is 1.27 bits per heavy atom. The zero-order chi connectivity index (χ0) is 16.1. The van der Waals surface area contributed by atoms with Crippen LogP contribution in [0.3, 0.4) is 0 Å². The van der Waals surface area contributed by atoms with Crippen LogP contribution in [0.4, 0.5) is 0 Å². The smallest absolute Gasteiger partial charge is 0.256 e. The molecule has 1 aromatic carbocycles. The Bertz CT molecular complexity index is 500. The van der Waals surface area contributed by atoms with Gasteiger partial charge in [0.1, 0.15) is 0 Å². The fourth-order valence-corrected chi connectivity index (χ4v) is 3.05. The molecule has 1 aliphatic heterocycles. The molecule has 1 heterocycles. The van der Waals surface area contributed by atoms with Crippen LogP contribution in [0.2, 0.25) is 5.02 Å². The van der Waals surface area contributed by atoms with Crippen LogP contribution < -0.4 is 0 Å². The molecule has 0 bridgehead atoms. The first-order valence-electron chi connectivity index (χ1n) is 7.64. The minimum atomic E-state index is -1.22. The van der Waals surface area contributed by atoms with Crippen molar-refractivity contribution in [3.63, 3.8) is 0 Å². The Morgan fingerprint density at radius 3 is 2.45 bits per heavy atom. The number of carbonyl (C=O) groups excluding carboxylic acids is 1. The van der Waals surface area contributed by atoms with Crippen molar-refractivity contribution in [2.45, 2.75) is 25.5 Å². The van der Waals surface area contributed by atoms with Crippen LogP contribution in [0.1, 0.15) is 25.0 Å². The van der Waals surface area contributed by atoms with Crippen molar-refractivity contribution in [1.29, 1.82) is 0 Å². The van der Waals surface area contributed by atoms with Gasteiger partial charge in [0.15, 0.2) is 6.10 Å². The van der Waals surface area contributed by atoms with Crippen molar-refractivity contribution >= 4 is 17.5 Å². The summed E-state index contributed by atoms with van der Waals surface area (Å²) >= 11 is 6.04. The molecule has 1 aromatic rings. The summed E-state index contributed by atoms with van der Waals surface area (Å²) in [5, 5.41) is 20.0. The van der Waals surface area contributed by atoms with Crippen LogP contribution in [0.25, 0.3) is 0 Å².